The molecular formula is C19H24N2O4S. The Morgan fingerprint density at radius 3 is 2.50 bits per heavy atom. The molecule has 2 rings (SSSR count). The lowest BCUT2D eigenvalue weighted by Gasteiger charge is -2.21. The Morgan fingerprint density at radius 2 is 1.88 bits per heavy atom. The molecule has 6 nitrogen and oxygen atoms in total. The van der Waals surface area contributed by atoms with Crippen LogP contribution in [0.1, 0.15) is 22.2 Å². The molecule has 0 atom stereocenters. The van der Waals surface area contributed by atoms with Gasteiger partial charge in [0.1, 0.15) is 0 Å². The van der Waals surface area contributed by atoms with E-state index in [-0.39, 0.29) is 11.8 Å². The molecule has 0 radical (unpaired) electrons. The maximum Gasteiger partial charge on any atom is 0.261 e. The van der Waals surface area contributed by atoms with E-state index in [2.05, 4.69) is 5.32 Å². The Hall–Kier alpha value is -2.54. The lowest BCUT2D eigenvalue weighted by Crippen LogP contribution is -2.38. The molecule has 0 saturated heterocycles. The van der Waals surface area contributed by atoms with Crippen molar-refractivity contribution in [2.24, 2.45) is 0 Å². The number of carbonyl (C=O) groups excluding carboxylic acids is 2. The van der Waals surface area contributed by atoms with E-state index in [4.69, 9.17) is 9.47 Å². The Labute approximate surface area is 157 Å². The van der Waals surface area contributed by atoms with Crippen molar-refractivity contribution in [2.45, 2.75) is 13.3 Å². The number of carbonyl (C=O) groups is 2. The average Bonchev–Trinajstić information content (AvgIpc) is 3.18. The number of benzene rings is 1. The minimum absolute atomic E-state index is 0.0177. The molecule has 7 heteroatoms. The van der Waals surface area contributed by atoms with Crippen LogP contribution < -0.4 is 14.8 Å². The summed E-state index contributed by atoms with van der Waals surface area (Å²) in [5, 5.41) is 4.70. The summed E-state index contributed by atoms with van der Waals surface area (Å²) in [6, 6.07) is 9.34. The Kier molecular flexibility index (Phi) is 7.47. The van der Waals surface area contributed by atoms with Crippen molar-refractivity contribution in [3.63, 3.8) is 0 Å². The van der Waals surface area contributed by atoms with Gasteiger partial charge in [0, 0.05) is 26.6 Å². The molecular weight excluding hydrogens is 352 g/mol. The Bertz CT molecular complexity index is 731. The molecule has 0 saturated carbocycles. The van der Waals surface area contributed by atoms with Gasteiger partial charge >= 0.3 is 0 Å². The molecule has 0 bridgehead atoms. The summed E-state index contributed by atoms with van der Waals surface area (Å²) < 4.78 is 10.5. The van der Waals surface area contributed by atoms with E-state index in [1.54, 1.807) is 25.2 Å². The van der Waals surface area contributed by atoms with Gasteiger partial charge in [-0.3, -0.25) is 9.59 Å². The van der Waals surface area contributed by atoms with E-state index in [0.717, 1.165) is 5.56 Å². The highest BCUT2D eigenvalue weighted by Crippen LogP contribution is 2.27. The van der Waals surface area contributed by atoms with Crippen LogP contribution in [0.25, 0.3) is 0 Å². The maximum atomic E-state index is 11.9. The number of methoxy groups -OCH3 is 2. The number of nitrogens with zero attached hydrogens (tertiary/aromatic N) is 1. The van der Waals surface area contributed by atoms with Crippen molar-refractivity contribution in [3.05, 3.63) is 46.2 Å². The number of nitrogens with one attached hydrogen (secondary N) is 1. The normalized spacial score (nSPS) is 10.3. The third-order valence-corrected chi connectivity index (χ3v) is 4.84. The van der Waals surface area contributed by atoms with Gasteiger partial charge in [0.05, 0.1) is 19.1 Å². The number of thiophene rings is 1. The molecule has 0 fully saturated rings. The van der Waals surface area contributed by atoms with Crippen LogP contribution in [0, 0.1) is 0 Å². The standard InChI is InChI=1S/C19H24N2O4S/c1-14(22)21(11-9-20-19(23)18-5-4-12-26-18)10-8-15-6-7-16(24-2)17(13-15)25-3/h4-7,12-13H,8-11H2,1-3H3,(H,20,23). The highest BCUT2D eigenvalue weighted by Gasteiger charge is 2.12. The summed E-state index contributed by atoms with van der Waals surface area (Å²) in [6.45, 7) is 3.00. The molecule has 0 spiro atoms. The number of hydrogen-bond donors (Lipinski definition) is 1. The quantitative estimate of drug-likeness (QED) is 0.730. The van der Waals surface area contributed by atoms with E-state index in [1.165, 1.54) is 18.3 Å². The predicted molar refractivity (Wildman–Crippen MR) is 102 cm³/mol. The molecule has 0 aliphatic heterocycles. The third-order valence-electron chi connectivity index (χ3n) is 3.98. The van der Waals surface area contributed by atoms with Gasteiger partial charge in [-0.05, 0) is 35.6 Å². The zero-order chi connectivity index (χ0) is 18.9. The monoisotopic (exact) mass is 376 g/mol. The van der Waals surface area contributed by atoms with Crippen LogP contribution in [-0.4, -0.2) is 50.6 Å². The molecule has 0 aliphatic carbocycles. The zero-order valence-electron chi connectivity index (χ0n) is 15.3. The SMILES string of the molecule is COc1ccc(CCN(CCNC(=O)c2cccs2)C(C)=O)cc1OC. The highest BCUT2D eigenvalue weighted by molar-refractivity contribution is 7.12. The number of amides is 2. The average molecular weight is 376 g/mol. The van der Waals surface area contributed by atoms with Crippen LogP contribution in [-0.2, 0) is 11.2 Å². The summed E-state index contributed by atoms with van der Waals surface area (Å²) in [7, 11) is 3.19. The minimum atomic E-state index is -0.108. The first-order valence-corrected chi connectivity index (χ1v) is 9.21. The van der Waals surface area contributed by atoms with Gasteiger partial charge in [0.25, 0.3) is 5.91 Å². The fraction of sp³-hybridized carbons (Fsp3) is 0.368. The Morgan fingerprint density at radius 1 is 1.12 bits per heavy atom. The smallest absolute Gasteiger partial charge is 0.261 e. The van der Waals surface area contributed by atoms with Crippen molar-refractivity contribution in [1.29, 1.82) is 0 Å². The van der Waals surface area contributed by atoms with Crippen LogP contribution >= 0.6 is 11.3 Å². The summed E-state index contributed by atoms with van der Waals surface area (Å²) >= 11 is 1.40. The summed E-state index contributed by atoms with van der Waals surface area (Å²) in [5.74, 6) is 1.22. The molecule has 2 amide bonds. The molecule has 2 aromatic rings. The second-order valence-corrected chi connectivity index (χ2v) is 6.63. The summed E-state index contributed by atoms with van der Waals surface area (Å²) in [4.78, 5) is 26.2. The first-order chi connectivity index (χ1) is 12.5. The lowest BCUT2D eigenvalue weighted by molar-refractivity contribution is -0.128. The van der Waals surface area contributed by atoms with Gasteiger partial charge in [-0.1, -0.05) is 12.1 Å². The van der Waals surface area contributed by atoms with Crippen molar-refractivity contribution in [3.8, 4) is 11.5 Å². The van der Waals surface area contributed by atoms with Gasteiger partial charge in [-0.25, -0.2) is 0 Å². The van der Waals surface area contributed by atoms with Crippen LogP contribution in [0.4, 0.5) is 0 Å². The molecule has 0 aliphatic rings. The molecule has 1 N–H and O–H groups in total. The van der Waals surface area contributed by atoms with Gasteiger partial charge < -0.3 is 19.7 Å². The van der Waals surface area contributed by atoms with E-state index in [9.17, 15) is 9.59 Å². The van der Waals surface area contributed by atoms with Crippen molar-refractivity contribution < 1.29 is 19.1 Å². The third kappa shape index (κ3) is 5.49. The van der Waals surface area contributed by atoms with Gasteiger partial charge in [0.15, 0.2) is 11.5 Å². The van der Waals surface area contributed by atoms with Crippen LogP contribution in [0.15, 0.2) is 35.7 Å². The summed E-state index contributed by atoms with van der Waals surface area (Å²) in [6.07, 6.45) is 0.693. The predicted octanol–water partition coefficient (Wildman–Crippen LogP) is 2.59. The minimum Gasteiger partial charge on any atom is -0.493 e. The topological polar surface area (TPSA) is 67.9 Å². The highest BCUT2D eigenvalue weighted by atomic mass is 32.1. The number of hydrogen-bond acceptors (Lipinski definition) is 5. The van der Waals surface area contributed by atoms with Gasteiger partial charge in [-0.15, -0.1) is 11.3 Å². The van der Waals surface area contributed by atoms with Gasteiger partial charge in [0.2, 0.25) is 5.91 Å². The first-order valence-electron chi connectivity index (χ1n) is 8.33. The maximum absolute atomic E-state index is 11.9. The van der Waals surface area contributed by atoms with Crippen LogP contribution in [0.2, 0.25) is 0 Å². The molecule has 0 unspecified atom stereocenters. The summed E-state index contributed by atoms with van der Waals surface area (Å²) in [5.41, 5.74) is 1.05. The van der Waals surface area contributed by atoms with Crippen molar-refractivity contribution >= 4 is 23.2 Å². The van der Waals surface area contributed by atoms with Crippen molar-refractivity contribution in [2.75, 3.05) is 33.9 Å². The Balaban J connectivity index is 1.86. The molecule has 140 valence electrons. The van der Waals surface area contributed by atoms with Crippen molar-refractivity contribution in [1.82, 2.24) is 10.2 Å². The second kappa shape index (κ2) is 9.82. The lowest BCUT2D eigenvalue weighted by atomic mass is 10.1. The molecule has 26 heavy (non-hydrogen) atoms. The fourth-order valence-electron chi connectivity index (χ4n) is 2.53. The number of rotatable bonds is 9. The van der Waals surface area contributed by atoms with Crippen LogP contribution in [0.3, 0.4) is 0 Å². The number of ether oxygens (including phenoxy) is 2. The van der Waals surface area contributed by atoms with Crippen LogP contribution in [0.5, 0.6) is 11.5 Å². The fourth-order valence-corrected chi connectivity index (χ4v) is 3.17. The van der Waals surface area contributed by atoms with E-state index < -0.39 is 0 Å². The molecule has 1 heterocycles. The first kappa shape index (κ1) is 19.8. The van der Waals surface area contributed by atoms with Gasteiger partial charge in [-0.2, -0.15) is 0 Å². The van der Waals surface area contributed by atoms with E-state index in [0.29, 0.717) is 42.4 Å². The van der Waals surface area contributed by atoms with E-state index >= 15 is 0 Å². The second-order valence-electron chi connectivity index (χ2n) is 5.68. The molecule has 1 aromatic heterocycles. The van der Waals surface area contributed by atoms with E-state index in [1.807, 2.05) is 29.6 Å². The molecule has 1 aromatic carbocycles. The zero-order valence-corrected chi connectivity index (χ0v) is 16.1. The largest absolute Gasteiger partial charge is 0.493 e.